The Bertz CT molecular complexity index is 800. The number of ether oxygens (including phenoxy) is 3. The van der Waals surface area contributed by atoms with E-state index in [1.54, 1.807) is 38.1 Å². The first-order valence-electron chi connectivity index (χ1n) is 7.58. The smallest absolute Gasteiger partial charge is 0.338 e. The number of nitrogens with zero attached hydrogens (tertiary/aromatic N) is 1. The third kappa shape index (κ3) is 3.48. The SMILES string of the molecule is CCOC(=O)c1ccc(C2C(C#N)=C(N)OC(C)=C2C(=O)OC)cc1. The van der Waals surface area contributed by atoms with Crippen molar-refractivity contribution in [3.63, 3.8) is 0 Å². The standard InChI is InChI=1S/C18H18N2O5/c1-4-24-17(21)12-7-5-11(6-8-12)15-13(9-19)16(20)25-10(2)14(15)18(22)23-3/h5-8,15H,4,20H2,1-3H3. The van der Waals surface area contributed by atoms with Gasteiger partial charge in [-0.2, -0.15) is 5.26 Å². The van der Waals surface area contributed by atoms with Crippen LogP contribution in [0.3, 0.4) is 0 Å². The van der Waals surface area contributed by atoms with E-state index in [4.69, 9.17) is 19.9 Å². The number of carbonyl (C=O) groups is 2. The van der Waals surface area contributed by atoms with E-state index in [0.29, 0.717) is 11.1 Å². The van der Waals surface area contributed by atoms with Crippen molar-refractivity contribution in [2.24, 2.45) is 5.73 Å². The van der Waals surface area contributed by atoms with Gasteiger partial charge in [0, 0.05) is 0 Å². The Morgan fingerprint density at radius 3 is 2.44 bits per heavy atom. The first-order valence-corrected chi connectivity index (χ1v) is 7.58. The van der Waals surface area contributed by atoms with E-state index in [1.165, 1.54) is 7.11 Å². The molecule has 0 aromatic heterocycles. The number of allylic oxidation sites excluding steroid dienone is 2. The van der Waals surface area contributed by atoms with E-state index < -0.39 is 17.9 Å². The van der Waals surface area contributed by atoms with E-state index in [0.717, 1.165) is 0 Å². The lowest BCUT2D eigenvalue weighted by Gasteiger charge is -2.26. The molecule has 1 aliphatic heterocycles. The zero-order valence-electron chi connectivity index (χ0n) is 14.2. The van der Waals surface area contributed by atoms with Gasteiger partial charge in [0.1, 0.15) is 17.4 Å². The van der Waals surface area contributed by atoms with Crippen molar-refractivity contribution >= 4 is 11.9 Å². The average Bonchev–Trinajstić information content (AvgIpc) is 2.61. The molecule has 0 bridgehead atoms. The molecule has 0 spiro atoms. The molecule has 0 saturated heterocycles. The molecule has 1 heterocycles. The molecule has 2 rings (SSSR count). The first-order chi connectivity index (χ1) is 11.9. The molecule has 0 radical (unpaired) electrons. The topological polar surface area (TPSA) is 112 Å². The molecule has 7 heteroatoms. The highest BCUT2D eigenvalue weighted by Gasteiger charge is 2.36. The van der Waals surface area contributed by atoms with Crippen molar-refractivity contribution in [3.8, 4) is 6.07 Å². The van der Waals surface area contributed by atoms with Crippen LogP contribution in [0.25, 0.3) is 0 Å². The molecule has 0 amide bonds. The van der Waals surface area contributed by atoms with Gasteiger partial charge in [0.15, 0.2) is 0 Å². The Hall–Kier alpha value is -3.27. The lowest BCUT2D eigenvalue weighted by Crippen LogP contribution is -2.25. The van der Waals surface area contributed by atoms with Gasteiger partial charge in [-0.1, -0.05) is 12.1 Å². The minimum Gasteiger partial charge on any atom is -0.466 e. The molecule has 1 aromatic rings. The summed E-state index contributed by atoms with van der Waals surface area (Å²) in [4.78, 5) is 24.0. The highest BCUT2D eigenvalue weighted by atomic mass is 16.5. The fourth-order valence-corrected chi connectivity index (χ4v) is 2.62. The monoisotopic (exact) mass is 342 g/mol. The highest BCUT2D eigenvalue weighted by molar-refractivity contribution is 5.93. The van der Waals surface area contributed by atoms with Gasteiger partial charge in [0.2, 0.25) is 5.88 Å². The van der Waals surface area contributed by atoms with E-state index in [2.05, 4.69) is 0 Å². The molecule has 0 aliphatic carbocycles. The van der Waals surface area contributed by atoms with Gasteiger partial charge in [0.05, 0.1) is 30.8 Å². The summed E-state index contributed by atoms with van der Waals surface area (Å²) in [7, 11) is 1.25. The molecule has 25 heavy (non-hydrogen) atoms. The van der Waals surface area contributed by atoms with E-state index >= 15 is 0 Å². The van der Waals surface area contributed by atoms with Gasteiger partial charge in [0.25, 0.3) is 0 Å². The van der Waals surface area contributed by atoms with Gasteiger partial charge in [-0.15, -0.1) is 0 Å². The van der Waals surface area contributed by atoms with Crippen LogP contribution in [-0.4, -0.2) is 25.7 Å². The number of hydrogen-bond acceptors (Lipinski definition) is 7. The van der Waals surface area contributed by atoms with Crippen molar-refractivity contribution in [1.82, 2.24) is 0 Å². The van der Waals surface area contributed by atoms with Crippen LogP contribution in [0.2, 0.25) is 0 Å². The van der Waals surface area contributed by atoms with Crippen LogP contribution in [0.1, 0.15) is 35.7 Å². The quantitative estimate of drug-likeness (QED) is 0.834. The van der Waals surface area contributed by atoms with Crippen LogP contribution in [0, 0.1) is 11.3 Å². The molecule has 1 atom stereocenters. The Morgan fingerprint density at radius 1 is 1.28 bits per heavy atom. The number of methoxy groups -OCH3 is 1. The summed E-state index contributed by atoms with van der Waals surface area (Å²) < 4.78 is 15.1. The summed E-state index contributed by atoms with van der Waals surface area (Å²) in [5.41, 5.74) is 7.08. The Balaban J connectivity index is 2.51. The van der Waals surface area contributed by atoms with Crippen molar-refractivity contribution in [2.45, 2.75) is 19.8 Å². The maximum atomic E-state index is 12.2. The van der Waals surface area contributed by atoms with E-state index in [1.807, 2.05) is 6.07 Å². The van der Waals surface area contributed by atoms with Crippen molar-refractivity contribution in [3.05, 3.63) is 58.2 Å². The summed E-state index contributed by atoms with van der Waals surface area (Å²) in [5, 5.41) is 9.45. The fraction of sp³-hybridized carbons (Fsp3) is 0.278. The van der Waals surface area contributed by atoms with Crippen molar-refractivity contribution in [2.75, 3.05) is 13.7 Å². The predicted octanol–water partition coefficient (Wildman–Crippen LogP) is 2.12. The van der Waals surface area contributed by atoms with Gasteiger partial charge in [-0.25, -0.2) is 9.59 Å². The summed E-state index contributed by atoms with van der Waals surface area (Å²) in [6.45, 7) is 3.57. The van der Waals surface area contributed by atoms with Crippen LogP contribution in [0.4, 0.5) is 0 Å². The molecular formula is C18H18N2O5. The average molecular weight is 342 g/mol. The zero-order valence-corrected chi connectivity index (χ0v) is 14.2. The number of carbonyl (C=O) groups excluding carboxylic acids is 2. The molecular weight excluding hydrogens is 324 g/mol. The Labute approximate surface area is 145 Å². The normalized spacial score (nSPS) is 16.8. The first kappa shape index (κ1) is 18.1. The van der Waals surface area contributed by atoms with Crippen LogP contribution in [0.5, 0.6) is 0 Å². The molecule has 1 unspecified atom stereocenters. The number of benzene rings is 1. The molecule has 0 fully saturated rings. The number of rotatable bonds is 4. The number of nitrogens with two attached hydrogens (primary N) is 1. The Morgan fingerprint density at radius 2 is 1.92 bits per heavy atom. The maximum absolute atomic E-state index is 12.2. The third-order valence-corrected chi connectivity index (χ3v) is 3.77. The second-order valence-electron chi connectivity index (χ2n) is 5.23. The van der Waals surface area contributed by atoms with E-state index in [9.17, 15) is 14.9 Å². The lowest BCUT2D eigenvalue weighted by atomic mass is 9.83. The predicted molar refractivity (Wildman–Crippen MR) is 87.8 cm³/mol. The molecule has 1 aromatic carbocycles. The largest absolute Gasteiger partial charge is 0.466 e. The Kier molecular flexibility index (Phi) is 5.45. The molecule has 7 nitrogen and oxygen atoms in total. The highest BCUT2D eigenvalue weighted by Crippen LogP contribution is 2.39. The van der Waals surface area contributed by atoms with Crippen LogP contribution >= 0.6 is 0 Å². The van der Waals surface area contributed by atoms with Gasteiger partial charge < -0.3 is 19.9 Å². The third-order valence-electron chi connectivity index (χ3n) is 3.77. The van der Waals surface area contributed by atoms with E-state index in [-0.39, 0.29) is 29.4 Å². The van der Waals surface area contributed by atoms with Gasteiger partial charge >= 0.3 is 11.9 Å². The van der Waals surface area contributed by atoms with Crippen molar-refractivity contribution < 1.29 is 23.8 Å². The van der Waals surface area contributed by atoms with Gasteiger partial charge in [-0.05, 0) is 31.5 Å². The minimum absolute atomic E-state index is 0.0628. The maximum Gasteiger partial charge on any atom is 0.338 e. The second kappa shape index (κ2) is 7.53. The van der Waals surface area contributed by atoms with Gasteiger partial charge in [-0.3, -0.25) is 0 Å². The lowest BCUT2D eigenvalue weighted by molar-refractivity contribution is -0.136. The summed E-state index contributed by atoms with van der Waals surface area (Å²) in [6.07, 6.45) is 0. The minimum atomic E-state index is -0.734. The number of hydrogen-bond donors (Lipinski definition) is 1. The molecule has 1 aliphatic rings. The molecule has 130 valence electrons. The fourth-order valence-electron chi connectivity index (χ4n) is 2.62. The van der Waals surface area contributed by atoms with Crippen LogP contribution in [-0.2, 0) is 19.0 Å². The van der Waals surface area contributed by atoms with Crippen LogP contribution < -0.4 is 5.73 Å². The molecule has 0 saturated carbocycles. The summed E-state index contributed by atoms with van der Waals surface area (Å²) in [6, 6.07) is 8.40. The number of esters is 2. The zero-order chi connectivity index (χ0) is 18.6. The van der Waals surface area contributed by atoms with Crippen molar-refractivity contribution in [1.29, 1.82) is 5.26 Å². The number of nitriles is 1. The summed E-state index contributed by atoms with van der Waals surface area (Å²) >= 11 is 0. The molecule has 2 N–H and O–H groups in total. The summed E-state index contributed by atoms with van der Waals surface area (Å²) in [5.74, 6) is -1.59. The second-order valence-corrected chi connectivity index (χ2v) is 5.23. The van der Waals surface area contributed by atoms with Crippen LogP contribution in [0.15, 0.2) is 47.1 Å².